The van der Waals surface area contributed by atoms with Crippen LogP contribution in [0, 0.1) is 0 Å². The Balaban J connectivity index is 2.71. The number of cyclic esters (lactones) is 1. The van der Waals surface area contributed by atoms with E-state index in [1.165, 1.54) is 0 Å². The van der Waals surface area contributed by atoms with Crippen LogP contribution in [0.2, 0.25) is 0 Å². The number of carbonyl (C=O) groups is 1. The van der Waals surface area contributed by atoms with Crippen LogP contribution in [-0.2, 0) is 4.74 Å². The van der Waals surface area contributed by atoms with Crippen LogP contribution in [0.4, 0.5) is 4.79 Å². The maximum absolute atomic E-state index is 10.8. The third-order valence-electron chi connectivity index (χ3n) is 2.52. The zero-order chi connectivity index (χ0) is 13.9. The van der Waals surface area contributed by atoms with E-state index in [2.05, 4.69) is 9.73 Å². The number of aliphatic imine (C=N–C) groups is 1. The van der Waals surface area contributed by atoms with Crippen molar-refractivity contribution < 1.29 is 40.2 Å². The monoisotopic (exact) mass is 265 g/mol. The summed E-state index contributed by atoms with van der Waals surface area (Å²) in [5.74, 6) is 0. The fourth-order valence-electron chi connectivity index (χ4n) is 1.44. The van der Waals surface area contributed by atoms with E-state index in [0.29, 0.717) is 0 Å². The lowest BCUT2D eigenvalue weighted by Crippen LogP contribution is -2.55. The Labute approximate surface area is 102 Å². The Bertz CT molecular complexity index is 322. The van der Waals surface area contributed by atoms with Gasteiger partial charge in [0.15, 0.2) is 6.10 Å². The molecule has 1 aliphatic rings. The number of hydrogen-bond donors (Lipinski definition) is 6. The molecule has 1 rings (SSSR count). The minimum Gasteiger partial charge on any atom is -0.439 e. The largest absolute Gasteiger partial charge is 0.439 e. The fraction of sp³-hybridized carbons (Fsp3) is 0.778. The molecule has 0 spiro atoms. The van der Waals surface area contributed by atoms with Gasteiger partial charge in [-0.3, -0.25) is 0 Å². The summed E-state index contributed by atoms with van der Waals surface area (Å²) in [7, 11) is 0. The van der Waals surface area contributed by atoms with Crippen molar-refractivity contribution in [1.29, 1.82) is 0 Å². The van der Waals surface area contributed by atoms with Crippen molar-refractivity contribution in [3.63, 3.8) is 0 Å². The van der Waals surface area contributed by atoms with Gasteiger partial charge in [-0.15, -0.1) is 0 Å². The second-order valence-corrected chi connectivity index (χ2v) is 3.84. The minimum atomic E-state index is -1.92. The highest BCUT2D eigenvalue weighted by molar-refractivity contribution is 5.84. The lowest BCUT2D eigenvalue weighted by atomic mass is 9.96. The molecular formula is C9H15NO8. The first kappa shape index (κ1) is 15.0. The van der Waals surface area contributed by atoms with Crippen molar-refractivity contribution in [3.8, 4) is 0 Å². The molecule has 6 N–H and O–H groups in total. The van der Waals surface area contributed by atoms with Gasteiger partial charge in [-0.25, -0.2) is 4.79 Å². The zero-order valence-corrected chi connectivity index (χ0v) is 9.20. The van der Waals surface area contributed by atoms with Crippen LogP contribution in [0.3, 0.4) is 0 Å². The van der Waals surface area contributed by atoms with E-state index in [0.717, 1.165) is 6.21 Å². The second kappa shape index (κ2) is 6.18. The van der Waals surface area contributed by atoms with E-state index in [1.807, 2.05) is 0 Å². The van der Waals surface area contributed by atoms with Gasteiger partial charge in [0.05, 0.1) is 6.61 Å². The van der Waals surface area contributed by atoms with Crippen LogP contribution in [0.25, 0.3) is 0 Å². The summed E-state index contributed by atoms with van der Waals surface area (Å²) in [6.07, 6.45) is -10.5. The Morgan fingerprint density at radius 1 is 1.28 bits per heavy atom. The van der Waals surface area contributed by atoms with E-state index in [-0.39, 0.29) is 0 Å². The molecule has 9 nitrogen and oxygen atoms in total. The normalized spacial score (nSPS) is 30.4. The standard InChI is InChI=1S/C9H15NO8/c11-2-4(13)5(14)6(15)7(16)8-3(12)1-10-9(17)18-8/h1,3-8,11-16H,2H2/t3?,4-,5+,6-,7?,8?/m1/s1. The quantitative estimate of drug-likeness (QED) is 0.297. The number of aliphatic hydroxyl groups excluding tert-OH is 6. The molecule has 0 bridgehead atoms. The van der Waals surface area contributed by atoms with E-state index in [1.54, 1.807) is 0 Å². The smallest absolute Gasteiger partial charge is 0.433 e. The first-order valence-corrected chi connectivity index (χ1v) is 5.14. The topological polar surface area (TPSA) is 160 Å². The molecule has 6 atom stereocenters. The van der Waals surface area contributed by atoms with Gasteiger partial charge in [-0.2, -0.15) is 4.99 Å². The van der Waals surface area contributed by atoms with E-state index >= 15 is 0 Å². The first-order valence-electron chi connectivity index (χ1n) is 5.14. The minimum absolute atomic E-state index is 0.821. The number of ether oxygens (including phenoxy) is 1. The van der Waals surface area contributed by atoms with Gasteiger partial charge in [0.25, 0.3) is 0 Å². The van der Waals surface area contributed by atoms with Crippen LogP contribution < -0.4 is 0 Å². The first-order chi connectivity index (χ1) is 8.38. The van der Waals surface area contributed by atoms with Gasteiger partial charge in [-0.05, 0) is 0 Å². The van der Waals surface area contributed by atoms with Gasteiger partial charge >= 0.3 is 6.09 Å². The van der Waals surface area contributed by atoms with Crippen LogP contribution in [-0.4, -0.2) is 86.2 Å². The molecule has 3 unspecified atom stereocenters. The number of aliphatic hydroxyl groups is 6. The summed E-state index contributed by atoms with van der Waals surface area (Å²) < 4.78 is 4.49. The molecule has 18 heavy (non-hydrogen) atoms. The molecule has 1 aliphatic heterocycles. The molecule has 104 valence electrons. The van der Waals surface area contributed by atoms with Crippen molar-refractivity contribution in [1.82, 2.24) is 0 Å². The molecule has 0 radical (unpaired) electrons. The van der Waals surface area contributed by atoms with Crippen molar-refractivity contribution in [2.24, 2.45) is 4.99 Å². The van der Waals surface area contributed by atoms with Gasteiger partial charge < -0.3 is 35.4 Å². The predicted molar refractivity (Wildman–Crippen MR) is 55.9 cm³/mol. The zero-order valence-electron chi connectivity index (χ0n) is 9.20. The van der Waals surface area contributed by atoms with Crippen LogP contribution >= 0.6 is 0 Å². The molecule has 0 saturated carbocycles. The third kappa shape index (κ3) is 3.22. The summed E-state index contributed by atoms with van der Waals surface area (Å²) in [5, 5.41) is 55.6. The van der Waals surface area contributed by atoms with Gasteiger partial charge in [0, 0.05) is 6.21 Å². The molecule has 1 amide bonds. The highest BCUT2D eigenvalue weighted by Gasteiger charge is 2.41. The van der Waals surface area contributed by atoms with Gasteiger partial charge in [0.1, 0.15) is 30.5 Å². The number of hydrogen-bond acceptors (Lipinski definition) is 8. The molecule has 1 heterocycles. The maximum Gasteiger partial charge on any atom is 0.433 e. The summed E-state index contributed by atoms with van der Waals surface area (Å²) >= 11 is 0. The van der Waals surface area contributed by atoms with E-state index < -0.39 is 49.3 Å². The predicted octanol–water partition coefficient (Wildman–Crippen LogP) is -3.63. The molecule has 0 saturated heterocycles. The maximum atomic E-state index is 10.8. The van der Waals surface area contributed by atoms with Crippen molar-refractivity contribution in [2.75, 3.05) is 6.61 Å². The highest BCUT2D eigenvalue weighted by Crippen LogP contribution is 2.16. The average Bonchev–Trinajstić information content (AvgIpc) is 2.38. The summed E-state index contributed by atoms with van der Waals surface area (Å²) in [5.41, 5.74) is 0. The highest BCUT2D eigenvalue weighted by atomic mass is 16.6. The molecule has 0 aromatic carbocycles. The van der Waals surface area contributed by atoms with Crippen molar-refractivity contribution >= 4 is 12.3 Å². The molecule has 0 fully saturated rings. The van der Waals surface area contributed by atoms with Crippen LogP contribution in [0.15, 0.2) is 4.99 Å². The van der Waals surface area contributed by atoms with E-state index in [9.17, 15) is 25.2 Å². The number of amides is 1. The Morgan fingerprint density at radius 3 is 2.44 bits per heavy atom. The molecule has 9 heteroatoms. The van der Waals surface area contributed by atoms with Gasteiger partial charge in [0.2, 0.25) is 0 Å². The van der Waals surface area contributed by atoms with E-state index in [4.69, 9.17) is 10.2 Å². The number of nitrogens with zero attached hydrogens (tertiary/aromatic N) is 1. The summed E-state index contributed by atoms with van der Waals surface area (Å²) in [4.78, 5) is 13.9. The average molecular weight is 265 g/mol. The molecule has 0 aliphatic carbocycles. The van der Waals surface area contributed by atoms with Gasteiger partial charge in [-0.1, -0.05) is 0 Å². The molecule has 0 aromatic heterocycles. The lowest BCUT2D eigenvalue weighted by Gasteiger charge is -2.32. The molecular weight excluding hydrogens is 250 g/mol. The summed E-state index contributed by atoms with van der Waals surface area (Å²) in [6, 6.07) is 0. The Hall–Kier alpha value is -1.10. The summed E-state index contributed by atoms with van der Waals surface area (Å²) in [6.45, 7) is -0.834. The van der Waals surface area contributed by atoms with Crippen molar-refractivity contribution in [2.45, 2.75) is 36.6 Å². The third-order valence-corrected chi connectivity index (χ3v) is 2.52. The molecule has 0 aromatic rings. The number of rotatable bonds is 5. The Morgan fingerprint density at radius 2 is 1.89 bits per heavy atom. The van der Waals surface area contributed by atoms with Crippen LogP contribution in [0.1, 0.15) is 0 Å². The second-order valence-electron chi connectivity index (χ2n) is 3.84. The SMILES string of the molecule is O=C1N=CC(O)C(C(O)[C@H](O)[C@@H](O)[C@H](O)CO)O1. The van der Waals surface area contributed by atoms with Crippen molar-refractivity contribution in [3.05, 3.63) is 0 Å². The van der Waals surface area contributed by atoms with Crippen LogP contribution in [0.5, 0.6) is 0 Å². The fourth-order valence-corrected chi connectivity index (χ4v) is 1.44. The lowest BCUT2D eigenvalue weighted by molar-refractivity contribution is -0.151. The number of carbonyl (C=O) groups excluding carboxylic acids is 1. The Kier molecular flexibility index (Phi) is 5.14.